The molecule has 0 saturated heterocycles. The minimum Gasteiger partial charge on any atom is -0.489 e. The van der Waals surface area contributed by atoms with Crippen LogP contribution < -0.4 is 14.8 Å². The first-order valence-electron chi connectivity index (χ1n) is 7.96. The lowest BCUT2D eigenvalue weighted by molar-refractivity contribution is -0.114. The Morgan fingerprint density at radius 2 is 1.69 bits per heavy atom. The number of esters is 1. The summed E-state index contributed by atoms with van der Waals surface area (Å²) in [6.45, 7) is 1.61. The fraction of sp³-hybridized carbons (Fsp3) is 0.100. The maximum absolute atomic E-state index is 12.3. The molecule has 1 aromatic heterocycles. The van der Waals surface area contributed by atoms with Gasteiger partial charge in [-0.15, -0.1) is 0 Å². The largest absolute Gasteiger partial charge is 0.489 e. The van der Waals surface area contributed by atoms with E-state index in [1.807, 2.05) is 30.3 Å². The molecule has 0 atom stereocenters. The highest BCUT2D eigenvalue weighted by atomic mass is 16.5. The Hall–Kier alpha value is -3.54. The number of carbonyl (C=O) groups is 2. The molecule has 26 heavy (non-hydrogen) atoms. The second-order valence-corrected chi connectivity index (χ2v) is 5.47. The van der Waals surface area contributed by atoms with E-state index in [9.17, 15) is 9.59 Å². The summed E-state index contributed by atoms with van der Waals surface area (Å²) < 4.78 is 16.2. The van der Waals surface area contributed by atoms with Crippen molar-refractivity contribution in [2.45, 2.75) is 13.5 Å². The molecule has 1 amide bonds. The van der Waals surface area contributed by atoms with Gasteiger partial charge < -0.3 is 19.2 Å². The van der Waals surface area contributed by atoms with Crippen molar-refractivity contribution >= 4 is 17.6 Å². The predicted octanol–water partition coefficient (Wildman–Crippen LogP) is 4.04. The quantitative estimate of drug-likeness (QED) is 0.536. The number of nitrogens with one attached hydrogen (secondary N) is 1. The van der Waals surface area contributed by atoms with E-state index in [0.717, 1.165) is 0 Å². The van der Waals surface area contributed by atoms with Crippen LogP contribution in [0.2, 0.25) is 0 Å². The van der Waals surface area contributed by atoms with E-state index in [-0.39, 0.29) is 18.3 Å². The SMILES string of the molecule is CC(=O)Nc1ccc(OC(=O)c2occc2COc2ccccc2)cc1. The van der Waals surface area contributed by atoms with Gasteiger partial charge in [0.25, 0.3) is 0 Å². The van der Waals surface area contributed by atoms with Crippen molar-refractivity contribution in [2.75, 3.05) is 5.32 Å². The summed E-state index contributed by atoms with van der Waals surface area (Å²) >= 11 is 0. The smallest absolute Gasteiger partial charge is 0.380 e. The number of benzene rings is 2. The maximum Gasteiger partial charge on any atom is 0.380 e. The zero-order valence-electron chi connectivity index (χ0n) is 14.1. The summed E-state index contributed by atoms with van der Waals surface area (Å²) in [6.07, 6.45) is 1.42. The van der Waals surface area contributed by atoms with Crippen molar-refractivity contribution in [1.82, 2.24) is 0 Å². The molecule has 0 spiro atoms. The van der Waals surface area contributed by atoms with E-state index in [1.165, 1.54) is 13.2 Å². The zero-order valence-corrected chi connectivity index (χ0v) is 14.1. The molecule has 0 unspecified atom stereocenters. The van der Waals surface area contributed by atoms with Gasteiger partial charge in [-0.25, -0.2) is 4.79 Å². The van der Waals surface area contributed by atoms with Crippen LogP contribution in [-0.2, 0) is 11.4 Å². The summed E-state index contributed by atoms with van der Waals surface area (Å²) in [5.41, 5.74) is 1.21. The molecule has 1 N–H and O–H groups in total. The molecule has 0 aliphatic heterocycles. The Morgan fingerprint density at radius 1 is 0.962 bits per heavy atom. The molecule has 1 heterocycles. The first-order chi connectivity index (χ1) is 12.6. The lowest BCUT2D eigenvalue weighted by Gasteiger charge is -2.07. The minimum atomic E-state index is -0.617. The number of carbonyl (C=O) groups excluding carboxylic acids is 2. The number of hydrogen-bond acceptors (Lipinski definition) is 5. The molecule has 3 rings (SSSR count). The summed E-state index contributed by atoms with van der Waals surface area (Å²) in [7, 11) is 0. The monoisotopic (exact) mass is 351 g/mol. The van der Waals surface area contributed by atoms with Crippen LogP contribution in [0.25, 0.3) is 0 Å². The number of furan rings is 1. The lowest BCUT2D eigenvalue weighted by atomic mass is 10.2. The van der Waals surface area contributed by atoms with Crippen LogP contribution >= 0.6 is 0 Å². The molecule has 0 saturated carbocycles. The number of ether oxygens (including phenoxy) is 2. The van der Waals surface area contributed by atoms with E-state index >= 15 is 0 Å². The Balaban J connectivity index is 1.63. The molecule has 0 radical (unpaired) electrons. The van der Waals surface area contributed by atoms with Crippen molar-refractivity contribution in [2.24, 2.45) is 0 Å². The number of amides is 1. The second-order valence-electron chi connectivity index (χ2n) is 5.47. The van der Waals surface area contributed by atoms with E-state index < -0.39 is 5.97 Å². The Kier molecular flexibility index (Phi) is 5.34. The molecule has 6 heteroatoms. The van der Waals surface area contributed by atoms with Gasteiger partial charge in [0.05, 0.1) is 6.26 Å². The Labute approximate surface area is 150 Å². The van der Waals surface area contributed by atoms with Crippen molar-refractivity contribution in [3.05, 3.63) is 78.3 Å². The minimum absolute atomic E-state index is 0.0897. The average Bonchev–Trinajstić information content (AvgIpc) is 3.11. The van der Waals surface area contributed by atoms with Crippen molar-refractivity contribution in [1.29, 1.82) is 0 Å². The molecule has 2 aromatic carbocycles. The highest BCUT2D eigenvalue weighted by molar-refractivity contribution is 5.90. The van der Waals surface area contributed by atoms with E-state index in [2.05, 4.69) is 5.32 Å². The summed E-state index contributed by atoms with van der Waals surface area (Å²) in [4.78, 5) is 23.3. The average molecular weight is 351 g/mol. The van der Waals surface area contributed by atoms with Gasteiger partial charge in [0.15, 0.2) is 0 Å². The van der Waals surface area contributed by atoms with Crippen LogP contribution in [0.5, 0.6) is 11.5 Å². The predicted molar refractivity (Wildman–Crippen MR) is 95.2 cm³/mol. The molecule has 0 aliphatic rings. The van der Waals surface area contributed by atoms with Crippen LogP contribution in [0.1, 0.15) is 23.0 Å². The summed E-state index contributed by atoms with van der Waals surface area (Å²) in [5, 5.41) is 2.64. The third-order valence-electron chi connectivity index (χ3n) is 3.45. The van der Waals surface area contributed by atoms with Gasteiger partial charge in [-0.3, -0.25) is 4.79 Å². The fourth-order valence-electron chi connectivity index (χ4n) is 2.27. The standard InChI is InChI=1S/C20H17NO5/c1-14(22)21-16-7-9-18(10-8-16)26-20(23)19-15(11-12-24-19)13-25-17-5-3-2-4-6-17/h2-12H,13H2,1H3,(H,21,22). The molecule has 0 fully saturated rings. The first kappa shape index (κ1) is 17.3. The lowest BCUT2D eigenvalue weighted by Crippen LogP contribution is -2.11. The Morgan fingerprint density at radius 3 is 2.38 bits per heavy atom. The van der Waals surface area contributed by atoms with Crippen LogP contribution in [0.3, 0.4) is 0 Å². The van der Waals surface area contributed by atoms with Crippen molar-refractivity contribution < 1.29 is 23.5 Å². The number of rotatable bonds is 6. The third kappa shape index (κ3) is 4.51. The van der Waals surface area contributed by atoms with Gasteiger partial charge in [-0.05, 0) is 42.5 Å². The topological polar surface area (TPSA) is 77.8 Å². The molecule has 132 valence electrons. The number of anilines is 1. The summed E-state index contributed by atoms with van der Waals surface area (Å²) in [5.74, 6) is 0.339. The molecule has 6 nitrogen and oxygen atoms in total. The molecular formula is C20H17NO5. The zero-order chi connectivity index (χ0) is 18.4. The highest BCUT2D eigenvalue weighted by Gasteiger charge is 2.18. The number of hydrogen-bond donors (Lipinski definition) is 1. The van der Waals surface area contributed by atoms with Gasteiger partial charge in [0, 0.05) is 18.2 Å². The van der Waals surface area contributed by atoms with Gasteiger partial charge in [-0.1, -0.05) is 18.2 Å². The van der Waals surface area contributed by atoms with E-state index in [4.69, 9.17) is 13.9 Å². The van der Waals surface area contributed by atoms with Crippen LogP contribution in [0.15, 0.2) is 71.3 Å². The first-order valence-corrected chi connectivity index (χ1v) is 7.96. The van der Waals surface area contributed by atoms with E-state index in [1.54, 1.807) is 30.3 Å². The molecule has 0 aliphatic carbocycles. The number of para-hydroxylation sites is 1. The molecular weight excluding hydrogens is 334 g/mol. The van der Waals surface area contributed by atoms with Gasteiger partial charge in [-0.2, -0.15) is 0 Å². The second kappa shape index (κ2) is 8.02. The van der Waals surface area contributed by atoms with Crippen molar-refractivity contribution in [3.8, 4) is 11.5 Å². The fourth-order valence-corrected chi connectivity index (χ4v) is 2.27. The normalized spacial score (nSPS) is 10.2. The van der Waals surface area contributed by atoms with Crippen LogP contribution in [-0.4, -0.2) is 11.9 Å². The van der Waals surface area contributed by atoms with E-state index in [0.29, 0.717) is 22.7 Å². The Bertz CT molecular complexity index is 884. The van der Waals surface area contributed by atoms with Crippen LogP contribution in [0, 0.1) is 0 Å². The molecule has 3 aromatic rings. The van der Waals surface area contributed by atoms with Gasteiger partial charge >= 0.3 is 5.97 Å². The molecule has 0 bridgehead atoms. The third-order valence-corrected chi connectivity index (χ3v) is 3.45. The van der Waals surface area contributed by atoms with Gasteiger partial charge in [0.2, 0.25) is 11.7 Å². The van der Waals surface area contributed by atoms with Crippen molar-refractivity contribution in [3.63, 3.8) is 0 Å². The summed E-state index contributed by atoms with van der Waals surface area (Å²) in [6, 6.07) is 17.4. The highest BCUT2D eigenvalue weighted by Crippen LogP contribution is 2.20. The maximum atomic E-state index is 12.3. The van der Waals surface area contributed by atoms with Gasteiger partial charge in [0.1, 0.15) is 18.1 Å². The van der Waals surface area contributed by atoms with Crippen LogP contribution in [0.4, 0.5) is 5.69 Å².